The molecular formula is C22H28N4O3. The molecule has 7 nitrogen and oxygen atoms in total. The highest BCUT2D eigenvalue weighted by Gasteiger charge is 2.35. The molecule has 0 aromatic heterocycles. The maximum Gasteiger partial charge on any atom is 0.292 e. The maximum absolute atomic E-state index is 11.2. The van der Waals surface area contributed by atoms with E-state index in [-0.39, 0.29) is 17.4 Å². The summed E-state index contributed by atoms with van der Waals surface area (Å²) >= 11 is 0. The van der Waals surface area contributed by atoms with Gasteiger partial charge in [0.05, 0.1) is 11.0 Å². The van der Waals surface area contributed by atoms with Gasteiger partial charge < -0.3 is 15.7 Å². The lowest BCUT2D eigenvalue weighted by Crippen LogP contribution is -2.56. The summed E-state index contributed by atoms with van der Waals surface area (Å²) < 4.78 is 0. The standard InChI is InChI=1S/C22H28N4O3/c1-14-3-4-15(2)19(11-14)24-7-9-25(10-8-24)20-13-17-16(12-21(20)27)5-6-18(22(17)23)26(28)29/h3-6,11,20-21,27H,7-10,12-13,23H2,1-2H3/t20-,21-/m0/s1. The number of fused-ring (bicyclic) bond motifs is 1. The number of nitrogens with two attached hydrogens (primary N) is 1. The number of anilines is 2. The van der Waals surface area contributed by atoms with Gasteiger partial charge in [-0.15, -0.1) is 0 Å². The zero-order valence-corrected chi connectivity index (χ0v) is 17.0. The van der Waals surface area contributed by atoms with Gasteiger partial charge in [-0.05, 0) is 48.6 Å². The summed E-state index contributed by atoms with van der Waals surface area (Å²) in [5.74, 6) is 0. The monoisotopic (exact) mass is 396 g/mol. The second-order valence-electron chi connectivity index (χ2n) is 8.25. The normalized spacial score (nSPS) is 22.4. The van der Waals surface area contributed by atoms with Gasteiger partial charge in [-0.25, -0.2) is 0 Å². The van der Waals surface area contributed by atoms with Crippen molar-refractivity contribution in [2.24, 2.45) is 0 Å². The van der Waals surface area contributed by atoms with Crippen LogP contribution in [0.25, 0.3) is 0 Å². The second kappa shape index (κ2) is 7.65. The molecule has 0 amide bonds. The molecule has 0 unspecified atom stereocenters. The number of aliphatic hydroxyl groups excluding tert-OH is 1. The molecule has 2 aromatic carbocycles. The van der Waals surface area contributed by atoms with E-state index >= 15 is 0 Å². The highest BCUT2D eigenvalue weighted by molar-refractivity contribution is 5.66. The fraction of sp³-hybridized carbons (Fsp3) is 0.455. The van der Waals surface area contributed by atoms with Gasteiger partial charge in [-0.3, -0.25) is 15.0 Å². The molecule has 1 fully saturated rings. The van der Waals surface area contributed by atoms with Crippen LogP contribution in [0.4, 0.5) is 17.1 Å². The van der Waals surface area contributed by atoms with Crippen LogP contribution in [0, 0.1) is 24.0 Å². The molecule has 1 saturated heterocycles. The Morgan fingerprint density at radius 2 is 1.83 bits per heavy atom. The maximum atomic E-state index is 11.2. The summed E-state index contributed by atoms with van der Waals surface area (Å²) in [6.07, 6.45) is 0.544. The topological polar surface area (TPSA) is 95.9 Å². The van der Waals surface area contributed by atoms with E-state index in [0.717, 1.165) is 37.3 Å². The van der Waals surface area contributed by atoms with Gasteiger partial charge in [0, 0.05) is 50.4 Å². The van der Waals surface area contributed by atoms with Crippen LogP contribution in [0.5, 0.6) is 0 Å². The molecular weight excluding hydrogens is 368 g/mol. The predicted octanol–water partition coefficient (Wildman–Crippen LogP) is 2.44. The SMILES string of the molecule is Cc1ccc(C)c(N2CCN([C@H]3Cc4c(ccc([N+](=O)[O-])c4N)C[C@@H]3O)CC2)c1. The van der Waals surface area contributed by atoms with Gasteiger partial charge in [0.15, 0.2) is 0 Å². The van der Waals surface area contributed by atoms with Crippen LogP contribution in [0.15, 0.2) is 30.3 Å². The van der Waals surface area contributed by atoms with E-state index in [1.54, 1.807) is 6.07 Å². The van der Waals surface area contributed by atoms with E-state index in [9.17, 15) is 15.2 Å². The number of hydrogen-bond donors (Lipinski definition) is 2. The van der Waals surface area contributed by atoms with Crippen LogP contribution < -0.4 is 10.6 Å². The van der Waals surface area contributed by atoms with Crippen molar-refractivity contribution < 1.29 is 10.0 Å². The number of nitro groups is 1. The van der Waals surface area contributed by atoms with E-state index < -0.39 is 11.0 Å². The number of nitrogen functional groups attached to an aromatic ring is 1. The average molecular weight is 396 g/mol. The molecule has 2 aliphatic rings. The first-order chi connectivity index (χ1) is 13.8. The number of aliphatic hydroxyl groups is 1. The summed E-state index contributed by atoms with van der Waals surface area (Å²) in [7, 11) is 0. The van der Waals surface area contributed by atoms with Gasteiger partial charge in [0.25, 0.3) is 5.69 Å². The van der Waals surface area contributed by atoms with E-state index in [0.29, 0.717) is 12.8 Å². The summed E-state index contributed by atoms with van der Waals surface area (Å²) in [6.45, 7) is 7.73. The third-order valence-corrected chi connectivity index (χ3v) is 6.40. The molecule has 0 spiro atoms. The van der Waals surface area contributed by atoms with Crippen LogP contribution in [0.2, 0.25) is 0 Å². The van der Waals surface area contributed by atoms with Crippen LogP contribution in [-0.2, 0) is 12.8 Å². The van der Waals surface area contributed by atoms with E-state index in [1.165, 1.54) is 22.9 Å². The van der Waals surface area contributed by atoms with Crippen LogP contribution in [0.3, 0.4) is 0 Å². The zero-order chi connectivity index (χ0) is 20.7. The Labute approximate surface area is 170 Å². The van der Waals surface area contributed by atoms with Crippen molar-refractivity contribution in [2.75, 3.05) is 36.8 Å². The minimum absolute atomic E-state index is 0.0429. The van der Waals surface area contributed by atoms with Crippen molar-refractivity contribution in [1.82, 2.24) is 4.90 Å². The molecule has 0 radical (unpaired) electrons. The number of rotatable bonds is 3. The number of nitrogens with zero attached hydrogens (tertiary/aromatic N) is 3. The lowest BCUT2D eigenvalue weighted by atomic mass is 9.83. The van der Waals surface area contributed by atoms with E-state index in [2.05, 4.69) is 41.8 Å². The molecule has 29 heavy (non-hydrogen) atoms. The molecule has 0 bridgehead atoms. The Morgan fingerprint density at radius 1 is 1.10 bits per heavy atom. The van der Waals surface area contributed by atoms with Crippen molar-refractivity contribution in [2.45, 2.75) is 38.8 Å². The van der Waals surface area contributed by atoms with Gasteiger partial charge in [-0.2, -0.15) is 0 Å². The minimum Gasteiger partial charge on any atom is -0.393 e. The largest absolute Gasteiger partial charge is 0.393 e. The zero-order valence-electron chi connectivity index (χ0n) is 17.0. The molecule has 7 heteroatoms. The van der Waals surface area contributed by atoms with Crippen molar-refractivity contribution in [3.63, 3.8) is 0 Å². The lowest BCUT2D eigenvalue weighted by molar-refractivity contribution is -0.384. The first-order valence-electron chi connectivity index (χ1n) is 10.1. The van der Waals surface area contributed by atoms with E-state index in [1.807, 2.05) is 0 Å². The fourth-order valence-electron chi connectivity index (χ4n) is 4.72. The summed E-state index contributed by atoms with van der Waals surface area (Å²) in [4.78, 5) is 15.5. The van der Waals surface area contributed by atoms with E-state index in [4.69, 9.17) is 5.73 Å². The fourth-order valence-corrected chi connectivity index (χ4v) is 4.72. The molecule has 3 N–H and O–H groups in total. The molecule has 1 heterocycles. The first kappa shape index (κ1) is 19.7. The second-order valence-corrected chi connectivity index (χ2v) is 8.25. The third kappa shape index (κ3) is 3.68. The Bertz CT molecular complexity index is 938. The molecule has 2 aromatic rings. The Balaban J connectivity index is 1.50. The van der Waals surface area contributed by atoms with Gasteiger partial charge >= 0.3 is 0 Å². The van der Waals surface area contributed by atoms with Crippen LogP contribution >= 0.6 is 0 Å². The number of aryl methyl sites for hydroxylation is 2. The highest BCUT2D eigenvalue weighted by Crippen LogP contribution is 2.35. The Kier molecular flexibility index (Phi) is 5.19. The predicted molar refractivity (Wildman–Crippen MR) is 114 cm³/mol. The average Bonchev–Trinajstić information content (AvgIpc) is 2.70. The minimum atomic E-state index is -0.490. The number of benzene rings is 2. The van der Waals surface area contributed by atoms with Crippen molar-refractivity contribution >= 4 is 17.1 Å². The smallest absolute Gasteiger partial charge is 0.292 e. The molecule has 0 saturated carbocycles. The Morgan fingerprint density at radius 3 is 2.52 bits per heavy atom. The molecule has 1 aliphatic heterocycles. The lowest BCUT2D eigenvalue weighted by Gasteiger charge is -2.44. The molecule has 1 aliphatic carbocycles. The highest BCUT2D eigenvalue weighted by atomic mass is 16.6. The third-order valence-electron chi connectivity index (χ3n) is 6.40. The van der Waals surface area contributed by atoms with Crippen LogP contribution in [-0.4, -0.2) is 53.3 Å². The number of nitro benzene ring substituents is 1. The quantitative estimate of drug-likeness (QED) is 0.470. The van der Waals surface area contributed by atoms with Crippen LogP contribution in [0.1, 0.15) is 22.3 Å². The van der Waals surface area contributed by atoms with Gasteiger partial charge in [0.2, 0.25) is 0 Å². The summed E-state index contributed by atoms with van der Waals surface area (Å²) in [5, 5.41) is 22.0. The van der Waals surface area contributed by atoms with Gasteiger partial charge in [-0.1, -0.05) is 18.2 Å². The number of piperazine rings is 1. The first-order valence-corrected chi connectivity index (χ1v) is 10.1. The summed E-state index contributed by atoms with van der Waals surface area (Å²) in [5.41, 5.74) is 11.9. The van der Waals surface area contributed by atoms with Crippen molar-refractivity contribution in [3.05, 3.63) is 62.7 Å². The van der Waals surface area contributed by atoms with Crippen molar-refractivity contribution in [1.29, 1.82) is 0 Å². The molecule has 2 atom stereocenters. The Hall–Kier alpha value is -2.64. The molecule has 4 rings (SSSR count). The number of hydrogen-bond acceptors (Lipinski definition) is 6. The molecule has 154 valence electrons. The van der Waals surface area contributed by atoms with Crippen molar-refractivity contribution in [3.8, 4) is 0 Å². The van der Waals surface area contributed by atoms with Gasteiger partial charge in [0.1, 0.15) is 5.69 Å². The summed E-state index contributed by atoms with van der Waals surface area (Å²) in [6, 6.07) is 9.65.